The number of rotatable bonds is 10. The quantitative estimate of drug-likeness (QED) is 0.404. The number of aryl methyl sites for hydroxylation is 2. The molecule has 184 valence electrons. The number of methoxy groups -OCH3 is 2. The summed E-state index contributed by atoms with van der Waals surface area (Å²) in [6.45, 7) is 14.1. The molecule has 4 heteroatoms. The lowest BCUT2D eigenvalue weighted by Gasteiger charge is -2.25. The first-order valence-corrected chi connectivity index (χ1v) is 12.1. The van der Waals surface area contributed by atoms with Gasteiger partial charge >= 0.3 is 0 Å². The van der Waals surface area contributed by atoms with Gasteiger partial charge in [0.1, 0.15) is 11.5 Å². The smallest absolute Gasteiger partial charge is 0.122 e. The Labute approximate surface area is 201 Å². The standard InChI is InChI=1S/C29H44O4/c1-28(2,3)24-17-20(11-9-13-32-7)15-22(26(24)30)19-23-16-21(12-10-14-33-8)18-25(27(23)31)29(4,5)6/h15-18,30-31H,9-14,19H2,1-8H3. The largest absolute Gasteiger partial charge is 0.507 e. The van der Waals surface area contributed by atoms with Crippen LogP contribution in [0.2, 0.25) is 0 Å². The van der Waals surface area contributed by atoms with Gasteiger partial charge in [0.15, 0.2) is 0 Å². The van der Waals surface area contributed by atoms with Gasteiger partial charge in [-0.1, -0.05) is 65.8 Å². The highest BCUT2D eigenvalue weighted by atomic mass is 16.5. The van der Waals surface area contributed by atoms with Crippen molar-refractivity contribution in [3.63, 3.8) is 0 Å². The van der Waals surface area contributed by atoms with Crippen molar-refractivity contribution in [2.45, 2.75) is 84.5 Å². The number of aromatic hydroxyl groups is 2. The van der Waals surface area contributed by atoms with Crippen molar-refractivity contribution in [2.75, 3.05) is 27.4 Å². The molecule has 0 amide bonds. The second kappa shape index (κ2) is 11.4. The average molecular weight is 457 g/mol. The SMILES string of the molecule is COCCCc1cc(Cc2cc(CCCOC)cc(C(C)(C)C)c2O)c(O)c(C(C)(C)C)c1. The van der Waals surface area contributed by atoms with Crippen LogP contribution in [0.1, 0.15) is 87.8 Å². The van der Waals surface area contributed by atoms with Crippen LogP contribution in [0, 0.1) is 0 Å². The number of phenolic OH excluding ortho intramolecular Hbond substituents is 2. The van der Waals surface area contributed by atoms with E-state index in [4.69, 9.17) is 9.47 Å². The number of phenols is 2. The molecule has 0 aromatic heterocycles. The van der Waals surface area contributed by atoms with Crippen LogP contribution >= 0.6 is 0 Å². The Morgan fingerprint density at radius 2 is 1.00 bits per heavy atom. The summed E-state index contributed by atoms with van der Waals surface area (Å²) in [6.07, 6.45) is 4.12. The maximum Gasteiger partial charge on any atom is 0.122 e. The second-order valence-corrected chi connectivity index (χ2v) is 11.2. The van der Waals surface area contributed by atoms with Gasteiger partial charge < -0.3 is 19.7 Å². The molecule has 0 saturated heterocycles. The number of hydrogen-bond donors (Lipinski definition) is 2. The molecule has 0 radical (unpaired) electrons. The molecule has 33 heavy (non-hydrogen) atoms. The van der Waals surface area contributed by atoms with Crippen LogP contribution in [0.3, 0.4) is 0 Å². The first-order valence-electron chi connectivity index (χ1n) is 12.1. The minimum Gasteiger partial charge on any atom is -0.507 e. The van der Waals surface area contributed by atoms with Crippen LogP contribution in [0.15, 0.2) is 24.3 Å². The maximum absolute atomic E-state index is 11.2. The van der Waals surface area contributed by atoms with E-state index in [9.17, 15) is 10.2 Å². The fourth-order valence-corrected chi connectivity index (χ4v) is 4.27. The third-order valence-electron chi connectivity index (χ3n) is 6.12. The Bertz CT molecular complexity index is 841. The van der Waals surface area contributed by atoms with E-state index in [-0.39, 0.29) is 10.8 Å². The summed E-state index contributed by atoms with van der Waals surface area (Å²) in [5.41, 5.74) is 5.62. The summed E-state index contributed by atoms with van der Waals surface area (Å²) in [5.74, 6) is 0.666. The van der Waals surface area contributed by atoms with E-state index in [1.54, 1.807) is 14.2 Å². The van der Waals surface area contributed by atoms with Gasteiger partial charge in [-0.15, -0.1) is 0 Å². The monoisotopic (exact) mass is 456 g/mol. The van der Waals surface area contributed by atoms with Crippen molar-refractivity contribution in [2.24, 2.45) is 0 Å². The predicted octanol–water partition coefficient (Wildman–Crippen LogP) is 6.44. The normalized spacial score (nSPS) is 12.4. The number of benzene rings is 2. The molecule has 2 aromatic carbocycles. The lowest BCUT2D eigenvalue weighted by Crippen LogP contribution is -2.14. The number of ether oxygens (including phenoxy) is 2. The van der Waals surface area contributed by atoms with Gasteiger partial charge in [-0.2, -0.15) is 0 Å². The Morgan fingerprint density at radius 3 is 1.30 bits per heavy atom. The molecule has 2 N–H and O–H groups in total. The highest BCUT2D eigenvalue weighted by Crippen LogP contribution is 2.39. The van der Waals surface area contributed by atoms with E-state index in [2.05, 4.69) is 65.8 Å². The van der Waals surface area contributed by atoms with Crippen LogP contribution in [0.4, 0.5) is 0 Å². The van der Waals surface area contributed by atoms with Gasteiger partial charge in [0.2, 0.25) is 0 Å². The van der Waals surface area contributed by atoms with Crippen LogP contribution in [0.5, 0.6) is 11.5 Å². The fourth-order valence-electron chi connectivity index (χ4n) is 4.27. The lowest BCUT2D eigenvalue weighted by molar-refractivity contribution is 0.195. The van der Waals surface area contributed by atoms with E-state index in [1.807, 2.05) is 0 Å². The van der Waals surface area contributed by atoms with Crippen LogP contribution in [0.25, 0.3) is 0 Å². The molecule has 0 unspecified atom stereocenters. The minimum atomic E-state index is -0.184. The van der Waals surface area contributed by atoms with Gasteiger partial charge in [-0.05, 0) is 69.9 Å². The molecule has 0 fully saturated rings. The summed E-state index contributed by atoms with van der Waals surface area (Å²) < 4.78 is 10.5. The third kappa shape index (κ3) is 7.48. The predicted molar refractivity (Wildman–Crippen MR) is 137 cm³/mol. The Hall–Kier alpha value is -2.04. The van der Waals surface area contributed by atoms with Gasteiger partial charge in [0.05, 0.1) is 0 Å². The van der Waals surface area contributed by atoms with Crippen molar-refractivity contribution >= 4 is 0 Å². The molecule has 0 bridgehead atoms. The van der Waals surface area contributed by atoms with E-state index >= 15 is 0 Å². The Balaban J connectivity index is 2.55. The van der Waals surface area contributed by atoms with Crippen molar-refractivity contribution in [1.29, 1.82) is 0 Å². The molecule has 2 rings (SSSR count). The topological polar surface area (TPSA) is 58.9 Å². The van der Waals surface area contributed by atoms with Crippen LogP contribution < -0.4 is 0 Å². The van der Waals surface area contributed by atoms with Crippen molar-refractivity contribution in [3.8, 4) is 11.5 Å². The molecular weight excluding hydrogens is 412 g/mol. The van der Waals surface area contributed by atoms with Gasteiger partial charge in [0, 0.05) is 33.9 Å². The average Bonchev–Trinajstić information content (AvgIpc) is 2.70. The van der Waals surface area contributed by atoms with Gasteiger partial charge in [0.25, 0.3) is 0 Å². The van der Waals surface area contributed by atoms with Gasteiger partial charge in [-0.25, -0.2) is 0 Å². The summed E-state index contributed by atoms with van der Waals surface area (Å²) in [7, 11) is 3.44. The summed E-state index contributed by atoms with van der Waals surface area (Å²) in [6, 6.07) is 8.42. The summed E-state index contributed by atoms with van der Waals surface area (Å²) in [5, 5.41) is 22.4. The molecule has 4 nitrogen and oxygen atoms in total. The second-order valence-electron chi connectivity index (χ2n) is 11.2. The number of hydrogen-bond acceptors (Lipinski definition) is 4. The Kier molecular flexibility index (Phi) is 9.39. The van der Waals surface area contributed by atoms with Crippen molar-refractivity contribution in [3.05, 3.63) is 57.6 Å². The minimum absolute atomic E-state index is 0.184. The highest BCUT2D eigenvalue weighted by molar-refractivity contribution is 5.53. The summed E-state index contributed by atoms with van der Waals surface area (Å²) >= 11 is 0. The maximum atomic E-state index is 11.2. The lowest BCUT2D eigenvalue weighted by atomic mass is 9.81. The van der Waals surface area contributed by atoms with E-state index in [0.29, 0.717) is 31.1 Å². The molecule has 0 atom stereocenters. The molecule has 0 aliphatic rings. The molecule has 0 aliphatic heterocycles. The van der Waals surface area contributed by atoms with E-state index < -0.39 is 0 Å². The van der Waals surface area contributed by atoms with Crippen LogP contribution in [-0.2, 0) is 39.6 Å². The van der Waals surface area contributed by atoms with E-state index in [0.717, 1.165) is 47.9 Å². The zero-order valence-electron chi connectivity index (χ0n) is 22.0. The van der Waals surface area contributed by atoms with Crippen LogP contribution in [-0.4, -0.2) is 37.6 Å². The first kappa shape index (κ1) is 27.2. The van der Waals surface area contributed by atoms with E-state index in [1.165, 1.54) is 11.1 Å². The van der Waals surface area contributed by atoms with Crippen molar-refractivity contribution in [1.82, 2.24) is 0 Å². The Morgan fingerprint density at radius 1 is 0.636 bits per heavy atom. The molecule has 0 heterocycles. The fraction of sp³-hybridized carbons (Fsp3) is 0.586. The molecular formula is C29H44O4. The molecule has 0 spiro atoms. The van der Waals surface area contributed by atoms with Crippen molar-refractivity contribution < 1.29 is 19.7 Å². The highest BCUT2D eigenvalue weighted by Gasteiger charge is 2.24. The zero-order chi connectivity index (χ0) is 24.8. The summed E-state index contributed by atoms with van der Waals surface area (Å²) in [4.78, 5) is 0. The van der Waals surface area contributed by atoms with Gasteiger partial charge in [-0.3, -0.25) is 0 Å². The third-order valence-corrected chi connectivity index (χ3v) is 6.12. The zero-order valence-corrected chi connectivity index (χ0v) is 22.0. The molecule has 2 aromatic rings. The first-order chi connectivity index (χ1) is 15.4. The molecule has 0 aliphatic carbocycles. The molecule has 0 saturated carbocycles.